The number of amides is 1. The number of carbonyl (C=O) groups is 1. The number of nitrogens with one attached hydrogen (secondary N) is 1. The van der Waals surface area contributed by atoms with E-state index in [0.29, 0.717) is 18.1 Å². The van der Waals surface area contributed by atoms with Crippen molar-refractivity contribution in [3.8, 4) is 0 Å². The van der Waals surface area contributed by atoms with Gasteiger partial charge in [0.15, 0.2) is 0 Å². The summed E-state index contributed by atoms with van der Waals surface area (Å²) in [4.78, 5) is 15.2. The average molecular weight is 351 g/mol. The SMILES string of the molecule is Cc1cc(C(=O)N(C)C2CC3CCC(C2)N3)c(C)n1Cc1ccccc1. The molecule has 2 fully saturated rings. The quantitative estimate of drug-likeness (QED) is 0.915. The Hall–Kier alpha value is -2.07. The minimum absolute atomic E-state index is 0.170. The predicted octanol–water partition coefficient (Wildman–Crippen LogP) is 3.51. The third-order valence-corrected chi connectivity index (χ3v) is 6.30. The van der Waals surface area contributed by atoms with Gasteiger partial charge in [-0.25, -0.2) is 0 Å². The van der Waals surface area contributed by atoms with Crippen LogP contribution < -0.4 is 5.32 Å². The first-order chi connectivity index (χ1) is 12.5. The Morgan fingerprint density at radius 3 is 2.46 bits per heavy atom. The van der Waals surface area contributed by atoms with Gasteiger partial charge in [-0.1, -0.05) is 30.3 Å². The second-order valence-electron chi connectivity index (χ2n) is 8.04. The predicted molar refractivity (Wildman–Crippen MR) is 105 cm³/mol. The van der Waals surface area contributed by atoms with Gasteiger partial charge in [0.2, 0.25) is 0 Å². The zero-order valence-corrected chi connectivity index (χ0v) is 16.0. The van der Waals surface area contributed by atoms with E-state index in [2.05, 4.69) is 54.1 Å². The molecule has 0 saturated carbocycles. The standard InChI is InChI=1S/C22H29N3O/c1-15-11-21(16(2)25(15)14-17-7-5-4-6-8-17)22(26)24(3)20-12-18-9-10-19(13-20)23-18/h4-8,11,18-20,23H,9-10,12-14H2,1-3H3. The van der Waals surface area contributed by atoms with Crippen LogP contribution in [0.2, 0.25) is 0 Å². The van der Waals surface area contributed by atoms with Crippen molar-refractivity contribution in [1.82, 2.24) is 14.8 Å². The van der Waals surface area contributed by atoms with Crippen LogP contribution in [0.5, 0.6) is 0 Å². The highest BCUT2D eigenvalue weighted by Crippen LogP contribution is 2.30. The van der Waals surface area contributed by atoms with Crippen LogP contribution in [0.4, 0.5) is 0 Å². The summed E-state index contributed by atoms with van der Waals surface area (Å²) in [5.41, 5.74) is 4.33. The van der Waals surface area contributed by atoms with Gasteiger partial charge in [0, 0.05) is 43.1 Å². The first-order valence-electron chi connectivity index (χ1n) is 9.77. The lowest BCUT2D eigenvalue weighted by atomic mass is 9.98. The number of aryl methyl sites for hydroxylation is 1. The van der Waals surface area contributed by atoms with Gasteiger partial charge in [0.05, 0.1) is 5.56 Å². The van der Waals surface area contributed by atoms with E-state index in [9.17, 15) is 4.79 Å². The van der Waals surface area contributed by atoms with Gasteiger partial charge >= 0.3 is 0 Å². The molecule has 0 aliphatic carbocycles. The van der Waals surface area contributed by atoms with Crippen molar-refractivity contribution in [3.63, 3.8) is 0 Å². The smallest absolute Gasteiger partial charge is 0.255 e. The number of aromatic nitrogens is 1. The van der Waals surface area contributed by atoms with Crippen molar-refractivity contribution in [3.05, 3.63) is 58.9 Å². The van der Waals surface area contributed by atoms with Crippen LogP contribution in [0.3, 0.4) is 0 Å². The maximum atomic E-state index is 13.2. The van der Waals surface area contributed by atoms with Crippen molar-refractivity contribution < 1.29 is 4.79 Å². The number of rotatable bonds is 4. The molecule has 0 radical (unpaired) electrons. The molecule has 3 heterocycles. The van der Waals surface area contributed by atoms with Gasteiger partial charge < -0.3 is 14.8 Å². The summed E-state index contributed by atoms with van der Waals surface area (Å²) in [6.45, 7) is 4.98. The van der Waals surface area contributed by atoms with Crippen LogP contribution in [-0.4, -0.2) is 40.5 Å². The molecule has 4 rings (SSSR count). The van der Waals surface area contributed by atoms with Gasteiger partial charge in [0.25, 0.3) is 5.91 Å². The van der Waals surface area contributed by atoms with Crippen LogP contribution in [0.1, 0.15) is 53.0 Å². The van der Waals surface area contributed by atoms with E-state index in [4.69, 9.17) is 0 Å². The molecule has 2 unspecified atom stereocenters. The number of piperidine rings is 1. The summed E-state index contributed by atoms with van der Waals surface area (Å²) in [6.07, 6.45) is 4.69. The first-order valence-corrected chi connectivity index (χ1v) is 9.77. The second kappa shape index (κ2) is 6.92. The number of nitrogens with zero attached hydrogens (tertiary/aromatic N) is 2. The van der Waals surface area contributed by atoms with Gasteiger partial charge in [0.1, 0.15) is 0 Å². The summed E-state index contributed by atoms with van der Waals surface area (Å²) in [6, 6.07) is 14.1. The van der Waals surface area contributed by atoms with Gasteiger partial charge in [-0.3, -0.25) is 4.79 Å². The van der Waals surface area contributed by atoms with E-state index in [0.717, 1.165) is 36.3 Å². The van der Waals surface area contributed by atoms with Crippen molar-refractivity contribution >= 4 is 5.91 Å². The summed E-state index contributed by atoms with van der Waals surface area (Å²) >= 11 is 0. The Morgan fingerprint density at radius 1 is 1.15 bits per heavy atom. The number of fused-ring (bicyclic) bond motifs is 2. The summed E-state index contributed by atoms with van der Waals surface area (Å²) in [5, 5.41) is 3.66. The molecule has 2 aromatic rings. The molecule has 2 aliphatic rings. The van der Waals surface area contributed by atoms with Crippen molar-refractivity contribution in [1.29, 1.82) is 0 Å². The number of carbonyl (C=O) groups excluding carboxylic acids is 1. The second-order valence-corrected chi connectivity index (χ2v) is 8.04. The maximum absolute atomic E-state index is 13.2. The van der Waals surface area contributed by atoms with Crippen molar-refractivity contribution in [2.45, 2.75) is 64.2 Å². The molecule has 4 heteroatoms. The van der Waals surface area contributed by atoms with Crippen LogP contribution in [0, 0.1) is 13.8 Å². The lowest BCUT2D eigenvalue weighted by Crippen LogP contribution is -2.48. The molecule has 1 aromatic heterocycles. The minimum atomic E-state index is 0.170. The largest absolute Gasteiger partial charge is 0.344 e. The van der Waals surface area contributed by atoms with Crippen LogP contribution in [0.25, 0.3) is 0 Å². The Morgan fingerprint density at radius 2 is 1.81 bits per heavy atom. The summed E-state index contributed by atoms with van der Waals surface area (Å²) < 4.78 is 2.25. The molecule has 0 spiro atoms. The lowest BCUT2D eigenvalue weighted by Gasteiger charge is -2.35. The number of hydrogen-bond acceptors (Lipinski definition) is 2. The molecule has 26 heavy (non-hydrogen) atoms. The third-order valence-electron chi connectivity index (χ3n) is 6.30. The van der Waals surface area contributed by atoms with Crippen molar-refractivity contribution in [2.75, 3.05) is 7.05 Å². The summed E-state index contributed by atoms with van der Waals surface area (Å²) in [7, 11) is 1.99. The fourth-order valence-electron chi connectivity index (χ4n) is 4.73. The van der Waals surface area contributed by atoms with Crippen molar-refractivity contribution in [2.24, 2.45) is 0 Å². The maximum Gasteiger partial charge on any atom is 0.255 e. The molecular weight excluding hydrogens is 322 g/mol. The molecule has 1 amide bonds. The Balaban J connectivity index is 1.53. The Labute approximate surface area is 156 Å². The molecule has 2 bridgehead atoms. The van der Waals surface area contributed by atoms with E-state index in [1.807, 2.05) is 18.0 Å². The topological polar surface area (TPSA) is 37.3 Å². The van der Waals surface area contributed by atoms with Crippen LogP contribution >= 0.6 is 0 Å². The van der Waals surface area contributed by atoms with Crippen LogP contribution in [0.15, 0.2) is 36.4 Å². The highest BCUT2D eigenvalue weighted by molar-refractivity contribution is 5.95. The number of hydrogen-bond donors (Lipinski definition) is 1. The average Bonchev–Trinajstić information content (AvgIpc) is 3.14. The highest BCUT2D eigenvalue weighted by Gasteiger charge is 2.37. The number of benzene rings is 1. The molecule has 138 valence electrons. The fraction of sp³-hybridized carbons (Fsp3) is 0.500. The van der Waals surface area contributed by atoms with E-state index in [1.54, 1.807) is 0 Å². The van der Waals surface area contributed by atoms with Gasteiger partial charge in [-0.15, -0.1) is 0 Å². The van der Waals surface area contributed by atoms with Gasteiger partial charge in [-0.2, -0.15) is 0 Å². The van der Waals surface area contributed by atoms with E-state index in [1.165, 1.54) is 18.4 Å². The van der Waals surface area contributed by atoms with Crippen LogP contribution in [-0.2, 0) is 6.54 Å². The first kappa shape index (κ1) is 17.3. The molecule has 2 atom stereocenters. The zero-order chi connectivity index (χ0) is 18.3. The molecule has 4 nitrogen and oxygen atoms in total. The minimum Gasteiger partial charge on any atom is -0.344 e. The Kier molecular flexibility index (Phi) is 4.62. The molecular formula is C22H29N3O. The van der Waals surface area contributed by atoms with Gasteiger partial charge in [-0.05, 0) is 51.2 Å². The summed E-state index contributed by atoms with van der Waals surface area (Å²) in [5.74, 6) is 0.170. The molecule has 2 aliphatic heterocycles. The third kappa shape index (κ3) is 3.18. The molecule has 1 N–H and O–H groups in total. The highest BCUT2D eigenvalue weighted by atomic mass is 16.2. The van der Waals surface area contributed by atoms with E-state index in [-0.39, 0.29) is 5.91 Å². The lowest BCUT2D eigenvalue weighted by molar-refractivity contribution is 0.0681. The Bertz CT molecular complexity index is 783. The molecule has 1 aromatic carbocycles. The monoisotopic (exact) mass is 351 g/mol. The molecule has 2 saturated heterocycles. The van der Waals surface area contributed by atoms with E-state index < -0.39 is 0 Å². The van der Waals surface area contributed by atoms with E-state index >= 15 is 0 Å². The normalized spacial score (nSPS) is 24.7. The zero-order valence-electron chi connectivity index (χ0n) is 16.0. The fourth-order valence-corrected chi connectivity index (χ4v) is 4.73.